The third-order valence-electron chi connectivity index (χ3n) is 10.9. The van der Waals surface area contributed by atoms with Crippen molar-refractivity contribution in [3.63, 3.8) is 0 Å². The molecule has 1 aliphatic heterocycles. The van der Waals surface area contributed by atoms with Crippen molar-refractivity contribution in [3.8, 4) is 0 Å². The number of hydrogen-bond donors (Lipinski definition) is 3. The first-order chi connectivity index (χ1) is 15.8. The first kappa shape index (κ1) is 24.0. The van der Waals surface area contributed by atoms with Gasteiger partial charge in [-0.3, -0.25) is 4.79 Å². The predicted octanol–water partition coefficient (Wildman–Crippen LogP) is 3.40. The highest BCUT2D eigenvalue weighted by Gasteiger charge is 2.70. The van der Waals surface area contributed by atoms with Crippen LogP contribution in [-0.4, -0.2) is 50.5 Å². The Labute approximate surface area is 201 Å². The van der Waals surface area contributed by atoms with E-state index in [1.807, 2.05) is 19.9 Å². The third-order valence-corrected chi connectivity index (χ3v) is 10.9. The Hall–Kier alpha value is -1.76. The summed E-state index contributed by atoms with van der Waals surface area (Å²) in [6.07, 6.45) is 7.28. The summed E-state index contributed by atoms with van der Waals surface area (Å²) in [5, 5.41) is 34.8. The third kappa shape index (κ3) is 2.85. The van der Waals surface area contributed by atoms with Crippen molar-refractivity contribution in [2.75, 3.05) is 0 Å². The number of allylic oxidation sites excluding steroid dienone is 2. The molecule has 0 bridgehead atoms. The molecule has 0 saturated heterocycles. The number of ether oxygens (including phenoxy) is 1. The number of fused-ring (bicyclic) bond motifs is 5. The summed E-state index contributed by atoms with van der Waals surface area (Å²) in [4.78, 5) is 25.5. The number of esters is 1. The van der Waals surface area contributed by atoms with E-state index in [1.165, 1.54) is 6.08 Å². The van der Waals surface area contributed by atoms with Gasteiger partial charge in [-0.1, -0.05) is 18.6 Å². The minimum Gasteiger partial charge on any atom is -0.456 e. The number of hydrogen-bond acceptors (Lipinski definition) is 6. The van der Waals surface area contributed by atoms with E-state index >= 15 is 0 Å². The molecule has 0 spiro atoms. The molecule has 2 fully saturated rings. The molecule has 4 aliphatic carbocycles. The van der Waals surface area contributed by atoms with Gasteiger partial charge in [-0.15, -0.1) is 0 Å². The van der Waals surface area contributed by atoms with Crippen LogP contribution in [0.25, 0.3) is 0 Å². The lowest BCUT2D eigenvalue weighted by Crippen LogP contribution is -2.64. The molecule has 9 atom stereocenters. The van der Waals surface area contributed by atoms with Crippen molar-refractivity contribution in [1.29, 1.82) is 0 Å². The van der Waals surface area contributed by atoms with E-state index in [-0.39, 0.29) is 29.5 Å². The zero-order valence-electron chi connectivity index (χ0n) is 20.9. The molecule has 0 aromatic rings. The molecule has 5 aliphatic rings. The van der Waals surface area contributed by atoms with Crippen LogP contribution in [0.15, 0.2) is 34.9 Å². The first-order valence-corrected chi connectivity index (χ1v) is 12.7. The van der Waals surface area contributed by atoms with E-state index in [0.29, 0.717) is 37.7 Å². The van der Waals surface area contributed by atoms with E-state index in [0.717, 1.165) is 17.6 Å². The number of aliphatic hydroxyl groups is 3. The highest BCUT2D eigenvalue weighted by Crippen LogP contribution is 2.69. The zero-order chi connectivity index (χ0) is 24.8. The summed E-state index contributed by atoms with van der Waals surface area (Å²) >= 11 is 0. The Balaban J connectivity index is 1.50. The fraction of sp³-hybridized carbons (Fsp3) is 0.714. The first-order valence-electron chi connectivity index (χ1n) is 12.7. The van der Waals surface area contributed by atoms with Crippen LogP contribution in [0.2, 0.25) is 0 Å². The van der Waals surface area contributed by atoms with Crippen LogP contribution in [0.3, 0.4) is 0 Å². The fourth-order valence-electron chi connectivity index (χ4n) is 8.55. The van der Waals surface area contributed by atoms with Crippen molar-refractivity contribution in [2.24, 2.45) is 28.6 Å². The van der Waals surface area contributed by atoms with E-state index in [4.69, 9.17) is 4.74 Å². The van der Waals surface area contributed by atoms with Gasteiger partial charge < -0.3 is 20.1 Å². The van der Waals surface area contributed by atoms with Gasteiger partial charge in [-0.2, -0.15) is 0 Å². The number of rotatable bonds is 2. The molecule has 0 radical (unpaired) electrons. The molecule has 1 heterocycles. The van der Waals surface area contributed by atoms with Gasteiger partial charge in [0, 0.05) is 17.4 Å². The van der Waals surface area contributed by atoms with Crippen LogP contribution < -0.4 is 0 Å². The number of cyclic esters (lactones) is 1. The average molecular weight is 471 g/mol. The topological polar surface area (TPSA) is 104 Å². The molecule has 0 amide bonds. The van der Waals surface area contributed by atoms with Crippen LogP contribution >= 0.6 is 0 Å². The van der Waals surface area contributed by atoms with Gasteiger partial charge in [-0.05, 0) is 95.3 Å². The second kappa shape index (κ2) is 7.37. The van der Waals surface area contributed by atoms with Gasteiger partial charge in [0.1, 0.15) is 11.7 Å². The van der Waals surface area contributed by atoms with Gasteiger partial charge in [-0.25, -0.2) is 4.79 Å². The maximum Gasteiger partial charge on any atom is 0.334 e. The number of ketones is 1. The zero-order valence-corrected chi connectivity index (χ0v) is 20.9. The molecule has 3 N–H and O–H groups in total. The van der Waals surface area contributed by atoms with E-state index < -0.39 is 34.2 Å². The van der Waals surface area contributed by atoms with Gasteiger partial charge in [0.05, 0.1) is 17.1 Å². The van der Waals surface area contributed by atoms with Crippen LogP contribution in [-0.2, 0) is 14.3 Å². The molecule has 186 valence electrons. The molecule has 5 rings (SSSR count). The quantitative estimate of drug-likeness (QED) is 0.422. The highest BCUT2D eigenvalue weighted by atomic mass is 16.6. The van der Waals surface area contributed by atoms with Gasteiger partial charge >= 0.3 is 5.97 Å². The predicted molar refractivity (Wildman–Crippen MR) is 126 cm³/mol. The Morgan fingerprint density at radius 2 is 1.82 bits per heavy atom. The lowest BCUT2D eigenvalue weighted by atomic mass is 9.45. The minimum absolute atomic E-state index is 0.000697. The Kier molecular flexibility index (Phi) is 5.20. The Morgan fingerprint density at radius 3 is 2.50 bits per heavy atom. The van der Waals surface area contributed by atoms with Crippen LogP contribution in [0.5, 0.6) is 0 Å². The normalized spacial score (nSPS) is 47.9. The summed E-state index contributed by atoms with van der Waals surface area (Å²) in [5.74, 6) is -0.834. The van der Waals surface area contributed by atoms with Gasteiger partial charge in [0.2, 0.25) is 0 Å². The minimum atomic E-state index is -1.29. The standard InChI is InChI=1S/C28H38O6/c1-15-14-23(34-24(31)16(15)2)27(5,32)21-11-13-28(33)18-6-7-19-20(29)8-9-22(30)26(19,4)17(18)10-12-25(21,28)3/h7-9,17-18,20-21,23,29,32-33H,6,10-14H2,1-5H3. The SMILES string of the molecule is CC1=C(C)C(=O)OC(C(C)(O)C2CCC3(O)C4CC=C5C(O)C=CC(=O)C5(C)C4CCC23C)C1. The molecule has 9 unspecified atom stereocenters. The van der Waals surface area contributed by atoms with Crippen molar-refractivity contribution in [2.45, 2.75) is 96.6 Å². The lowest BCUT2D eigenvalue weighted by molar-refractivity contribution is -0.214. The summed E-state index contributed by atoms with van der Waals surface area (Å²) in [6, 6.07) is 0. The summed E-state index contributed by atoms with van der Waals surface area (Å²) in [7, 11) is 0. The van der Waals surface area contributed by atoms with E-state index in [2.05, 4.69) is 6.92 Å². The van der Waals surface area contributed by atoms with Gasteiger partial charge in [0.25, 0.3) is 0 Å². The summed E-state index contributed by atoms with van der Waals surface area (Å²) in [5.41, 5.74) is -1.43. The Bertz CT molecular complexity index is 1040. The largest absolute Gasteiger partial charge is 0.456 e. The second-order valence-corrected chi connectivity index (χ2v) is 12.2. The smallest absolute Gasteiger partial charge is 0.334 e. The van der Waals surface area contributed by atoms with Crippen molar-refractivity contribution < 1.29 is 29.6 Å². The molecule has 2 saturated carbocycles. The number of carbonyl (C=O) groups is 2. The number of aliphatic hydroxyl groups excluding tert-OH is 1. The average Bonchev–Trinajstić information content (AvgIpc) is 3.06. The van der Waals surface area contributed by atoms with E-state index in [9.17, 15) is 24.9 Å². The molecular formula is C28H38O6. The van der Waals surface area contributed by atoms with Crippen molar-refractivity contribution >= 4 is 11.8 Å². The van der Waals surface area contributed by atoms with Crippen molar-refractivity contribution in [1.82, 2.24) is 0 Å². The second-order valence-electron chi connectivity index (χ2n) is 12.2. The van der Waals surface area contributed by atoms with Crippen LogP contribution in [0, 0.1) is 28.6 Å². The number of carbonyl (C=O) groups excluding carboxylic acids is 2. The Morgan fingerprint density at radius 1 is 1.12 bits per heavy atom. The molecule has 6 heteroatoms. The summed E-state index contributed by atoms with van der Waals surface area (Å²) in [6.45, 7) is 9.43. The van der Waals surface area contributed by atoms with Crippen LogP contribution in [0.4, 0.5) is 0 Å². The molecule has 6 nitrogen and oxygen atoms in total. The van der Waals surface area contributed by atoms with Gasteiger partial charge in [0.15, 0.2) is 5.78 Å². The fourth-order valence-corrected chi connectivity index (χ4v) is 8.55. The summed E-state index contributed by atoms with van der Waals surface area (Å²) < 4.78 is 5.71. The molecule has 0 aromatic heterocycles. The highest BCUT2D eigenvalue weighted by molar-refractivity contribution is 5.99. The molecular weight excluding hydrogens is 432 g/mol. The molecule has 0 aromatic carbocycles. The van der Waals surface area contributed by atoms with E-state index in [1.54, 1.807) is 19.9 Å². The maximum atomic E-state index is 13.1. The molecule has 34 heavy (non-hydrogen) atoms. The lowest BCUT2D eigenvalue weighted by Gasteiger charge is -2.61. The monoisotopic (exact) mass is 470 g/mol. The van der Waals surface area contributed by atoms with Crippen LogP contribution in [0.1, 0.15) is 73.1 Å². The maximum absolute atomic E-state index is 13.1. The van der Waals surface area contributed by atoms with Crippen molar-refractivity contribution in [3.05, 3.63) is 34.9 Å².